The van der Waals surface area contributed by atoms with Gasteiger partial charge in [0.25, 0.3) is 0 Å². The fourth-order valence-electron chi connectivity index (χ4n) is 8.28. The summed E-state index contributed by atoms with van der Waals surface area (Å²) < 4.78 is 5.94. The summed E-state index contributed by atoms with van der Waals surface area (Å²) in [6.45, 7) is 6.45. The van der Waals surface area contributed by atoms with Crippen LogP contribution in [0.2, 0.25) is 0 Å². The topological polar surface area (TPSA) is 95.9 Å². The van der Waals surface area contributed by atoms with Crippen molar-refractivity contribution in [2.45, 2.75) is 302 Å². The molecule has 0 rings (SSSR count). The van der Waals surface area contributed by atoms with E-state index < -0.39 is 18.2 Å². The number of aliphatic hydroxyl groups is 2. The third-order valence-corrected chi connectivity index (χ3v) is 12.4. The molecule has 6 nitrogen and oxygen atoms in total. The Kier molecular flexibility index (Phi) is 48.5. The SMILES string of the molecule is CCCCC/C=C\C/C=C\CCCCCCCCCCCC(=O)OC(CCCCCCC/C=C/CCCCCCCC)CC(=O)NC(CO)C(O)CCCCCCCCCCC. The Labute approximate surface area is 385 Å². The fourth-order valence-corrected chi connectivity index (χ4v) is 8.28. The molecule has 0 bridgehead atoms. The van der Waals surface area contributed by atoms with Gasteiger partial charge in [-0.3, -0.25) is 9.59 Å². The first-order chi connectivity index (χ1) is 30.5. The molecule has 0 aliphatic heterocycles. The lowest BCUT2D eigenvalue weighted by Gasteiger charge is -2.24. The summed E-state index contributed by atoms with van der Waals surface area (Å²) in [5.74, 6) is -0.477. The van der Waals surface area contributed by atoms with Crippen molar-refractivity contribution in [2.24, 2.45) is 0 Å². The molecular weight excluding hydrogens is 767 g/mol. The largest absolute Gasteiger partial charge is 0.462 e. The first-order valence-electron chi connectivity index (χ1n) is 27.2. The Morgan fingerprint density at radius 1 is 0.468 bits per heavy atom. The molecule has 0 aromatic carbocycles. The molecule has 0 radical (unpaired) electrons. The summed E-state index contributed by atoms with van der Waals surface area (Å²) in [4.78, 5) is 26.2. The molecule has 62 heavy (non-hydrogen) atoms. The van der Waals surface area contributed by atoms with E-state index in [9.17, 15) is 19.8 Å². The van der Waals surface area contributed by atoms with E-state index in [0.717, 1.165) is 70.6 Å². The highest BCUT2D eigenvalue weighted by Gasteiger charge is 2.24. The van der Waals surface area contributed by atoms with Gasteiger partial charge >= 0.3 is 5.97 Å². The van der Waals surface area contributed by atoms with Crippen molar-refractivity contribution in [3.63, 3.8) is 0 Å². The lowest BCUT2D eigenvalue weighted by Crippen LogP contribution is -2.46. The summed E-state index contributed by atoms with van der Waals surface area (Å²) in [5.41, 5.74) is 0. The van der Waals surface area contributed by atoms with E-state index in [1.54, 1.807) is 0 Å². The van der Waals surface area contributed by atoms with Crippen LogP contribution in [0.5, 0.6) is 0 Å². The van der Waals surface area contributed by atoms with Gasteiger partial charge in [-0.05, 0) is 83.5 Å². The quantitative estimate of drug-likeness (QED) is 0.0321. The third kappa shape index (κ3) is 44.7. The number of hydrogen-bond acceptors (Lipinski definition) is 5. The van der Waals surface area contributed by atoms with Crippen LogP contribution in [-0.4, -0.2) is 46.9 Å². The first-order valence-corrected chi connectivity index (χ1v) is 27.2. The van der Waals surface area contributed by atoms with E-state index in [0.29, 0.717) is 19.3 Å². The molecule has 0 saturated heterocycles. The monoisotopic (exact) mass is 872 g/mol. The van der Waals surface area contributed by atoms with Crippen molar-refractivity contribution >= 4 is 11.9 Å². The Morgan fingerprint density at radius 3 is 1.27 bits per heavy atom. The number of ether oxygens (including phenoxy) is 1. The smallest absolute Gasteiger partial charge is 0.306 e. The van der Waals surface area contributed by atoms with E-state index in [1.165, 1.54) is 167 Å². The minimum absolute atomic E-state index is 0.0726. The number of aliphatic hydroxyl groups excluding tert-OH is 2. The van der Waals surface area contributed by atoms with Gasteiger partial charge < -0.3 is 20.3 Å². The van der Waals surface area contributed by atoms with E-state index in [2.05, 4.69) is 62.5 Å². The van der Waals surface area contributed by atoms with E-state index in [-0.39, 0.29) is 24.9 Å². The maximum Gasteiger partial charge on any atom is 0.306 e. The van der Waals surface area contributed by atoms with Crippen LogP contribution < -0.4 is 5.32 Å². The predicted molar refractivity (Wildman–Crippen MR) is 269 cm³/mol. The van der Waals surface area contributed by atoms with Crippen LogP contribution in [0, 0.1) is 0 Å². The van der Waals surface area contributed by atoms with Crippen molar-refractivity contribution in [3.8, 4) is 0 Å². The van der Waals surface area contributed by atoms with Crippen LogP contribution >= 0.6 is 0 Å². The molecule has 3 N–H and O–H groups in total. The normalized spacial score (nSPS) is 13.4. The number of nitrogens with one attached hydrogen (secondary N) is 1. The summed E-state index contributed by atoms with van der Waals surface area (Å²) in [5, 5.41) is 23.7. The van der Waals surface area contributed by atoms with Gasteiger partial charge in [0.05, 0.1) is 25.2 Å². The van der Waals surface area contributed by atoms with E-state index in [4.69, 9.17) is 4.74 Å². The minimum atomic E-state index is -0.787. The number of allylic oxidation sites excluding steroid dienone is 6. The number of unbranched alkanes of at least 4 members (excludes halogenated alkanes) is 31. The van der Waals surface area contributed by atoms with Crippen LogP contribution in [0.25, 0.3) is 0 Å². The van der Waals surface area contributed by atoms with Crippen LogP contribution in [0.3, 0.4) is 0 Å². The van der Waals surface area contributed by atoms with Crippen LogP contribution in [0.4, 0.5) is 0 Å². The summed E-state index contributed by atoms with van der Waals surface area (Å²) in [6, 6.07) is -0.702. The Bertz CT molecular complexity index is 1020. The molecular formula is C56H105NO5. The minimum Gasteiger partial charge on any atom is -0.462 e. The third-order valence-electron chi connectivity index (χ3n) is 12.4. The maximum absolute atomic E-state index is 13.2. The number of hydrogen-bond donors (Lipinski definition) is 3. The Balaban J connectivity index is 4.52. The Morgan fingerprint density at radius 2 is 0.823 bits per heavy atom. The molecule has 0 aromatic rings. The molecule has 0 fully saturated rings. The number of rotatable bonds is 49. The Hall–Kier alpha value is -1.92. The maximum atomic E-state index is 13.2. The zero-order valence-corrected chi connectivity index (χ0v) is 41.5. The first kappa shape index (κ1) is 60.1. The molecule has 0 saturated carbocycles. The zero-order chi connectivity index (χ0) is 45.2. The molecule has 0 aliphatic rings. The molecule has 3 unspecified atom stereocenters. The van der Waals surface area contributed by atoms with Gasteiger partial charge in [-0.25, -0.2) is 0 Å². The molecule has 3 atom stereocenters. The van der Waals surface area contributed by atoms with Gasteiger partial charge in [0.15, 0.2) is 0 Å². The predicted octanol–water partition coefficient (Wildman–Crippen LogP) is 16.5. The fraction of sp³-hybridized carbons (Fsp3) is 0.857. The highest BCUT2D eigenvalue weighted by Crippen LogP contribution is 2.18. The molecule has 0 aromatic heterocycles. The van der Waals surface area contributed by atoms with Gasteiger partial charge in [-0.1, -0.05) is 224 Å². The van der Waals surface area contributed by atoms with Crippen LogP contribution in [0.15, 0.2) is 36.5 Å². The van der Waals surface area contributed by atoms with E-state index >= 15 is 0 Å². The second kappa shape index (κ2) is 50.1. The van der Waals surface area contributed by atoms with Crippen LogP contribution in [-0.2, 0) is 14.3 Å². The van der Waals surface area contributed by atoms with Crippen LogP contribution in [0.1, 0.15) is 284 Å². The second-order valence-electron chi connectivity index (χ2n) is 18.6. The number of carbonyl (C=O) groups is 2. The average Bonchev–Trinajstić information content (AvgIpc) is 3.26. The standard InChI is InChI=1S/C56H105NO5/c1-4-7-10-13-16-19-21-23-25-26-27-28-30-32-34-37-40-43-46-49-56(61)62-52(47-44-41-38-36-33-31-29-24-22-20-17-14-11-8-5-2)50-55(60)57-53(51-58)54(59)48-45-42-39-35-18-15-12-9-6-3/h16,19,23-25,29,52-54,58-59H,4-15,17-18,20-22,26-28,30-51H2,1-3H3,(H,57,60)/b19-16-,25-23-,29-24+. The van der Waals surface area contributed by atoms with E-state index in [1.807, 2.05) is 0 Å². The highest BCUT2D eigenvalue weighted by molar-refractivity contribution is 5.77. The summed E-state index contributed by atoms with van der Waals surface area (Å²) in [7, 11) is 0. The number of amides is 1. The van der Waals surface area contributed by atoms with Crippen molar-refractivity contribution in [2.75, 3.05) is 6.61 Å². The van der Waals surface area contributed by atoms with Crippen molar-refractivity contribution in [1.29, 1.82) is 0 Å². The summed E-state index contributed by atoms with van der Waals surface area (Å²) in [6.07, 6.45) is 59.2. The van der Waals surface area contributed by atoms with Gasteiger partial charge in [-0.2, -0.15) is 0 Å². The van der Waals surface area contributed by atoms with Gasteiger partial charge in [0, 0.05) is 6.42 Å². The van der Waals surface area contributed by atoms with Crippen molar-refractivity contribution in [1.82, 2.24) is 5.32 Å². The molecule has 1 amide bonds. The lowest BCUT2D eigenvalue weighted by atomic mass is 10.0. The zero-order valence-electron chi connectivity index (χ0n) is 41.5. The van der Waals surface area contributed by atoms with Gasteiger partial charge in [0.1, 0.15) is 6.10 Å². The molecule has 0 heterocycles. The van der Waals surface area contributed by atoms with Crippen molar-refractivity contribution < 1.29 is 24.5 Å². The second-order valence-corrected chi connectivity index (χ2v) is 18.6. The average molecular weight is 872 g/mol. The number of esters is 1. The molecule has 364 valence electrons. The highest BCUT2D eigenvalue weighted by atomic mass is 16.5. The summed E-state index contributed by atoms with van der Waals surface area (Å²) >= 11 is 0. The van der Waals surface area contributed by atoms with Gasteiger partial charge in [0.2, 0.25) is 5.91 Å². The molecule has 0 spiro atoms. The van der Waals surface area contributed by atoms with Gasteiger partial charge in [-0.15, -0.1) is 0 Å². The lowest BCUT2D eigenvalue weighted by molar-refractivity contribution is -0.151. The number of carbonyl (C=O) groups excluding carboxylic acids is 2. The molecule has 0 aliphatic carbocycles. The molecule has 6 heteroatoms. The van der Waals surface area contributed by atoms with Crippen molar-refractivity contribution in [3.05, 3.63) is 36.5 Å².